The minimum atomic E-state index is -0.120. The van der Waals surface area contributed by atoms with Gasteiger partial charge < -0.3 is 9.64 Å². The molecule has 0 amide bonds. The molecule has 18 heavy (non-hydrogen) atoms. The number of esters is 1. The van der Waals surface area contributed by atoms with Gasteiger partial charge in [-0.1, -0.05) is 31.2 Å². The van der Waals surface area contributed by atoms with Crippen LogP contribution in [-0.4, -0.2) is 31.1 Å². The Morgan fingerprint density at radius 1 is 1.17 bits per heavy atom. The van der Waals surface area contributed by atoms with E-state index in [1.54, 1.807) is 0 Å². The molecular formula is C15H23NO2. The second-order valence-electron chi connectivity index (χ2n) is 4.46. The zero-order valence-corrected chi connectivity index (χ0v) is 11.6. The van der Waals surface area contributed by atoms with Gasteiger partial charge in [-0.25, -0.2) is 0 Å². The van der Waals surface area contributed by atoms with Crippen molar-refractivity contribution in [3.63, 3.8) is 0 Å². The summed E-state index contributed by atoms with van der Waals surface area (Å²) in [5.41, 5.74) is 2.63. The Kier molecular flexibility index (Phi) is 6.44. The Morgan fingerprint density at radius 2 is 1.78 bits per heavy atom. The van der Waals surface area contributed by atoms with Crippen LogP contribution in [0.15, 0.2) is 24.3 Å². The Labute approximate surface area is 110 Å². The van der Waals surface area contributed by atoms with Crippen LogP contribution in [0.1, 0.15) is 31.4 Å². The van der Waals surface area contributed by atoms with Crippen molar-refractivity contribution in [2.24, 2.45) is 0 Å². The summed E-state index contributed by atoms with van der Waals surface area (Å²) in [6, 6.07) is 8.63. The summed E-state index contributed by atoms with van der Waals surface area (Å²) in [6.07, 6.45) is 1.52. The number of carbonyl (C=O) groups is 1. The third-order valence-electron chi connectivity index (χ3n) is 2.89. The molecule has 0 bridgehead atoms. The van der Waals surface area contributed by atoms with E-state index in [1.807, 2.05) is 14.0 Å². The largest absolute Gasteiger partial charge is 0.466 e. The maximum Gasteiger partial charge on any atom is 0.307 e. The van der Waals surface area contributed by atoms with E-state index in [0.29, 0.717) is 13.0 Å². The van der Waals surface area contributed by atoms with Crippen LogP contribution >= 0.6 is 0 Å². The smallest absolute Gasteiger partial charge is 0.307 e. The molecule has 0 radical (unpaired) electrons. The second kappa shape index (κ2) is 7.88. The molecule has 3 heteroatoms. The van der Waals surface area contributed by atoms with Gasteiger partial charge in [0.05, 0.1) is 13.0 Å². The van der Waals surface area contributed by atoms with Gasteiger partial charge in [0.15, 0.2) is 0 Å². The first-order chi connectivity index (χ1) is 8.65. The molecule has 0 aliphatic carbocycles. The van der Waals surface area contributed by atoms with Gasteiger partial charge in [-0.2, -0.15) is 0 Å². The second-order valence-corrected chi connectivity index (χ2v) is 4.46. The van der Waals surface area contributed by atoms with E-state index in [4.69, 9.17) is 4.74 Å². The third kappa shape index (κ3) is 5.32. The topological polar surface area (TPSA) is 29.5 Å². The van der Waals surface area contributed by atoms with Gasteiger partial charge in [0.1, 0.15) is 0 Å². The van der Waals surface area contributed by atoms with E-state index in [9.17, 15) is 4.79 Å². The molecule has 1 rings (SSSR count). The maximum absolute atomic E-state index is 11.2. The number of hydrogen-bond acceptors (Lipinski definition) is 3. The molecule has 1 aromatic rings. The van der Waals surface area contributed by atoms with Crippen molar-refractivity contribution in [2.75, 3.05) is 20.2 Å². The van der Waals surface area contributed by atoms with Crippen molar-refractivity contribution in [1.82, 2.24) is 4.90 Å². The average molecular weight is 249 g/mol. The highest BCUT2D eigenvalue weighted by Gasteiger charge is 2.05. The molecule has 0 aliphatic heterocycles. The van der Waals surface area contributed by atoms with Gasteiger partial charge in [0.2, 0.25) is 0 Å². The van der Waals surface area contributed by atoms with Crippen LogP contribution in [-0.2, 0) is 22.5 Å². The van der Waals surface area contributed by atoms with Crippen molar-refractivity contribution in [3.05, 3.63) is 35.4 Å². The molecule has 0 N–H and O–H groups in total. The van der Waals surface area contributed by atoms with E-state index in [1.165, 1.54) is 11.1 Å². The van der Waals surface area contributed by atoms with Gasteiger partial charge in [-0.15, -0.1) is 0 Å². The fourth-order valence-electron chi connectivity index (χ4n) is 1.79. The maximum atomic E-state index is 11.2. The van der Waals surface area contributed by atoms with E-state index >= 15 is 0 Å². The van der Waals surface area contributed by atoms with Crippen molar-refractivity contribution in [2.45, 2.75) is 33.2 Å². The van der Waals surface area contributed by atoms with E-state index in [0.717, 1.165) is 19.5 Å². The van der Waals surface area contributed by atoms with Crippen LogP contribution < -0.4 is 0 Å². The molecule has 0 atom stereocenters. The number of nitrogens with zero attached hydrogens (tertiary/aromatic N) is 1. The number of carbonyl (C=O) groups excluding carboxylic acids is 1. The highest BCUT2D eigenvalue weighted by molar-refractivity contribution is 5.69. The van der Waals surface area contributed by atoms with Crippen molar-refractivity contribution in [3.8, 4) is 0 Å². The van der Waals surface area contributed by atoms with Crippen molar-refractivity contribution < 1.29 is 9.53 Å². The van der Waals surface area contributed by atoms with E-state index in [2.05, 4.69) is 36.1 Å². The standard InChI is InChI=1S/C15H23NO2/c1-4-13-6-8-14(9-7-13)12-16(3)11-10-15(17)18-5-2/h6-9H,4-5,10-12H2,1-3H3. The number of aryl methyl sites for hydroxylation is 1. The lowest BCUT2D eigenvalue weighted by Crippen LogP contribution is -2.22. The monoisotopic (exact) mass is 249 g/mol. The molecule has 0 aliphatic rings. The van der Waals surface area contributed by atoms with Gasteiger partial charge in [-0.05, 0) is 31.5 Å². The number of benzene rings is 1. The minimum Gasteiger partial charge on any atom is -0.466 e. The van der Waals surface area contributed by atoms with Gasteiger partial charge in [0, 0.05) is 13.1 Å². The lowest BCUT2D eigenvalue weighted by atomic mass is 10.1. The molecule has 0 saturated carbocycles. The Morgan fingerprint density at radius 3 is 2.33 bits per heavy atom. The quantitative estimate of drug-likeness (QED) is 0.696. The highest BCUT2D eigenvalue weighted by Crippen LogP contribution is 2.07. The summed E-state index contributed by atoms with van der Waals surface area (Å²) in [5.74, 6) is -0.120. The first-order valence-electron chi connectivity index (χ1n) is 6.57. The summed E-state index contributed by atoms with van der Waals surface area (Å²) >= 11 is 0. The average Bonchev–Trinajstić information content (AvgIpc) is 2.38. The zero-order chi connectivity index (χ0) is 13.4. The Hall–Kier alpha value is -1.35. The number of rotatable bonds is 7. The molecule has 0 fully saturated rings. The van der Waals surface area contributed by atoms with E-state index < -0.39 is 0 Å². The number of hydrogen-bond donors (Lipinski definition) is 0. The fourth-order valence-corrected chi connectivity index (χ4v) is 1.79. The summed E-state index contributed by atoms with van der Waals surface area (Å²) in [7, 11) is 2.02. The molecule has 1 aromatic carbocycles. The predicted octanol–water partition coefficient (Wildman–Crippen LogP) is 2.63. The van der Waals surface area contributed by atoms with Crippen LogP contribution in [0.4, 0.5) is 0 Å². The lowest BCUT2D eigenvalue weighted by Gasteiger charge is -2.16. The fraction of sp³-hybridized carbons (Fsp3) is 0.533. The zero-order valence-electron chi connectivity index (χ0n) is 11.6. The Balaban J connectivity index is 2.34. The minimum absolute atomic E-state index is 0.120. The molecule has 0 aromatic heterocycles. The van der Waals surface area contributed by atoms with Gasteiger partial charge >= 0.3 is 5.97 Å². The van der Waals surface area contributed by atoms with Crippen LogP contribution in [0.25, 0.3) is 0 Å². The molecule has 0 unspecified atom stereocenters. The molecule has 100 valence electrons. The lowest BCUT2D eigenvalue weighted by molar-refractivity contribution is -0.143. The summed E-state index contributed by atoms with van der Waals surface area (Å²) in [4.78, 5) is 13.4. The summed E-state index contributed by atoms with van der Waals surface area (Å²) < 4.78 is 4.91. The van der Waals surface area contributed by atoms with Crippen molar-refractivity contribution >= 4 is 5.97 Å². The van der Waals surface area contributed by atoms with Gasteiger partial charge in [-0.3, -0.25) is 4.79 Å². The predicted molar refractivity (Wildman–Crippen MR) is 73.4 cm³/mol. The van der Waals surface area contributed by atoms with Crippen molar-refractivity contribution in [1.29, 1.82) is 0 Å². The highest BCUT2D eigenvalue weighted by atomic mass is 16.5. The first kappa shape index (κ1) is 14.7. The van der Waals surface area contributed by atoms with Crippen LogP contribution in [0, 0.1) is 0 Å². The van der Waals surface area contributed by atoms with Crippen LogP contribution in [0.2, 0.25) is 0 Å². The number of ether oxygens (including phenoxy) is 1. The van der Waals surface area contributed by atoms with E-state index in [-0.39, 0.29) is 5.97 Å². The summed E-state index contributed by atoms with van der Waals surface area (Å²) in [5, 5.41) is 0. The molecule has 0 spiro atoms. The normalized spacial score (nSPS) is 10.7. The first-order valence-corrected chi connectivity index (χ1v) is 6.57. The molecule has 0 saturated heterocycles. The van der Waals surface area contributed by atoms with Crippen LogP contribution in [0.5, 0.6) is 0 Å². The van der Waals surface area contributed by atoms with Gasteiger partial charge in [0.25, 0.3) is 0 Å². The molecule has 0 heterocycles. The van der Waals surface area contributed by atoms with Crippen LogP contribution in [0.3, 0.4) is 0 Å². The third-order valence-corrected chi connectivity index (χ3v) is 2.89. The summed E-state index contributed by atoms with van der Waals surface area (Å²) in [6.45, 7) is 6.04. The molecular weight excluding hydrogens is 226 g/mol. The SMILES string of the molecule is CCOC(=O)CCN(C)Cc1ccc(CC)cc1. The molecule has 3 nitrogen and oxygen atoms in total. The Bertz CT molecular complexity index is 359.